The SMILES string of the molecule is CN(CCN=C/C(I)=C\N)C(=O)OC(C)(C)C. The number of hydrogen-bond acceptors (Lipinski definition) is 4. The predicted molar refractivity (Wildman–Crippen MR) is 78.5 cm³/mol. The Morgan fingerprint density at radius 2 is 2.12 bits per heavy atom. The van der Waals surface area contributed by atoms with Crippen molar-refractivity contribution >= 4 is 34.9 Å². The van der Waals surface area contributed by atoms with Gasteiger partial charge in [0.2, 0.25) is 0 Å². The number of nitrogens with zero attached hydrogens (tertiary/aromatic N) is 2. The van der Waals surface area contributed by atoms with Gasteiger partial charge in [-0.1, -0.05) is 0 Å². The molecule has 0 aromatic rings. The van der Waals surface area contributed by atoms with Crippen molar-refractivity contribution in [1.82, 2.24) is 4.90 Å². The lowest BCUT2D eigenvalue weighted by atomic mass is 10.2. The third kappa shape index (κ3) is 8.96. The summed E-state index contributed by atoms with van der Waals surface area (Å²) in [7, 11) is 1.69. The Morgan fingerprint density at radius 1 is 1.53 bits per heavy atom. The van der Waals surface area contributed by atoms with Crippen LogP contribution >= 0.6 is 22.6 Å². The highest BCUT2D eigenvalue weighted by Crippen LogP contribution is 2.08. The minimum Gasteiger partial charge on any atom is -0.444 e. The van der Waals surface area contributed by atoms with Crippen LogP contribution in [0.3, 0.4) is 0 Å². The van der Waals surface area contributed by atoms with E-state index in [1.807, 2.05) is 20.8 Å². The molecule has 1 amide bonds. The lowest BCUT2D eigenvalue weighted by Gasteiger charge is -2.24. The number of amides is 1. The molecule has 0 fully saturated rings. The Morgan fingerprint density at radius 3 is 2.59 bits per heavy atom. The number of carbonyl (C=O) groups is 1. The van der Waals surface area contributed by atoms with E-state index < -0.39 is 5.60 Å². The second-order valence-corrected chi connectivity index (χ2v) is 5.73. The van der Waals surface area contributed by atoms with Crippen molar-refractivity contribution < 1.29 is 9.53 Å². The maximum atomic E-state index is 11.6. The first-order chi connectivity index (χ1) is 7.76. The van der Waals surface area contributed by atoms with E-state index >= 15 is 0 Å². The first-order valence-electron chi connectivity index (χ1n) is 5.27. The molecule has 0 saturated carbocycles. The number of carbonyl (C=O) groups excluding carboxylic acids is 1. The molecule has 0 aliphatic heterocycles. The molecule has 5 nitrogen and oxygen atoms in total. The van der Waals surface area contributed by atoms with Crippen LogP contribution in [0.5, 0.6) is 0 Å². The van der Waals surface area contributed by atoms with E-state index in [4.69, 9.17) is 10.5 Å². The van der Waals surface area contributed by atoms with Gasteiger partial charge in [-0.05, 0) is 43.4 Å². The molecule has 6 heteroatoms. The van der Waals surface area contributed by atoms with E-state index in [0.29, 0.717) is 13.1 Å². The summed E-state index contributed by atoms with van der Waals surface area (Å²) in [5.74, 6) is 0. The van der Waals surface area contributed by atoms with Crippen LogP contribution in [0.1, 0.15) is 20.8 Å². The molecule has 0 rings (SSSR count). The number of rotatable bonds is 4. The van der Waals surface area contributed by atoms with E-state index in [1.54, 1.807) is 13.3 Å². The Labute approximate surface area is 116 Å². The van der Waals surface area contributed by atoms with E-state index in [9.17, 15) is 4.79 Å². The fourth-order valence-electron chi connectivity index (χ4n) is 0.834. The van der Waals surface area contributed by atoms with E-state index in [0.717, 1.165) is 3.58 Å². The zero-order valence-corrected chi connectivity index (χ0v) is 12.9. The van der Waals surface area contributed by atoms with Gasteiger partial charge in [0.25, 0.3) is 0 Å². The highest BCUT2D eigenvalue weighted by Gasteiger charge is 2.18. The van der Waals surface area contributed by atoms with Crippen LogP contribution in [0, 0.1) is 0 Å². The molecule has 0 aliphatic carbocycles. The van der Waals surface area contributed by atoms with E-state index in [1.165, 1.54) is 11.1 Å². The monoisotopic (exact) mass is 353 g/mol. The Balaban J connectivity index is 3.99. The number of nitrogens with two attached hydrogens (primary N) is 1. The molecule has 0 aromatic heterocycles. The lowest BCUT2D eigenvalue weighted by molar-refractivity contribution is 0.0304. The fourth-order valence-corrected chi connectivity index (χ4v) is 1.03. The normalized spacial score (nSPS) is 12.9. The van der Waals surface area contributed by atoms with Crippen molar-refractivity contribution in [3.05, 3.63) is 9.78 Å². The van der Waals surface area contributed by atoms with Gasteiger partial charge in [0, 0.05) is 29.6 Å². The molecule has 2 N–H and O–H groups in total. The van der Waals surface area contributed by atoms with Crippen molar-refractivity contribution in [3.63, 3.8) is 0 Å². The van der Waals surface area contributed by atoms with Crippen LogP contribution in [0.4, 0.5) is 4.79 Å². The van der Waals surface area contributed by atoms with Crippen LogP contribution < -0.4 is 5.73 Å². The summed E-state index contributed by atoms with van der Waals surface area (Å²) in [5.41, 5.74) is 4.82. The number of ether oxygens (including phenoxy) is 1. The second kappa shape index (κ2) is 7.52. The maximum absolute atomic E-state index is 11.6. The van der Waals surface area contributed by atoms with Gasteiger partial charge in [0.05, 0.1) is 6.54 Å². The Hall–Kier alpha value is -0.790. The van der Waals surface area contributed by atoms with E-state index in [-0.39, 0.29) is 6.09 Å². The zero-order chi connectivity index (χ0) is 13.5. The number of likely N-dealkylation sites (N-methyl/N-ethyl adjacent to an activating group) is 1. The van der Waals surface area contributed by atoms with Crippen molar-refractivity contribution in [2.45, 2.75) is 26.4 Å². The minimum absolute atomic E-state index is 0.336. The topological polar surface area (TPSA) is 67.9 Å². The molecule has 0 bridgehead atoms. The van der Waals surface area contributed by atoms with Gasteiger partial charge in [-0.3, -0.25) is 4.99 Å². The number of halogens is 1. The molecule has 0 radical (unpaired) electrons. The molecular weight excluding hydrogens is 333 g/mol. The van der Waals surface area contributed by atoms with Crippen molar-refractivity contribution in [3.8, 4) is 0 Å². The highest BCUT2D eigenvalue weighted by atomic mass is 127. The van der Waals surface area contributed by atoms with Gasteiger partial charge >= 0.3 is 6.09 Å². The minimum atomic E-state index is -0.466. The molecule has 98 valence electrons. The fraction of sp³-hybridized carbons (Fsp3) is 0.636. The first-order valence-corrected chi connectivity index (χ1v) is 6.35. The van der Waals surface area contributed by atoms with Crippen LogP contribution in [0.2, 0.25) is 0 Å². The highest BCUT2D eigenvalue weighted by molar-refractivity contribution is 14.1. The third-order valence-electron chi connectivity index (χ3n) is 1.64. The summed E-state index contributed by atoms with van der Waals surface area (Å²) >= 11 is 2.08. The van der Waals surface area contributed by atoms with Gasteiger partial charge in [0.15, 0.2) is 0 Å². The second-order valence-electron chi connectivity index (χ2n) is 4.49. The molecule has 0 atom stereocenters. The largest absolute Gasteiger partial charge is 0.444 e. The number of hydrogen-bond donors (Lipinski definition) is 1. The predicted octanol–water partition coefficient (Wildman–Crippen LogP) is 2.16. The summed E-state index contributed by atoms with van der Waals surface area (Å²) in [6.45, 7) is 6.55. The van der Waals surface area contributed by atoms with Gasteiger partial charge in [0.1, 0.15) is 5.60 Å². The molecular formula is C11H20IN3O2. The molecule has 0 aliphatic rings. The van der Waals surface area contributed by atoms with Crippen molar-refractivity contribution in [2.75, 3.05) is 20.1 Å². The average Bonchev–Trinajstić information content (AvgIpc) is 2.21. The molecule has 0 saturated heterocycles. The van der Waals surface area contributed by atoms with Gasteiger partial charge in [-0.2, -0.15) is 0 Å². The standard InChI is InChI=1S/C11H20IN3O2/c1-11(2,3)17-10(16)15(4)6-5-14-8-9(12)7-13/h7-8H,5-6,13H2,1-4H3/b9-7+,14-8?. The summed E-state index contributed by atoms with van der Waals surface area (Å²) in [5, 5.41) is 0. The van der Waals surface area contributed by atoms with Gasteiger partial charge < -0.3 is 15.4 Å². The summed E-state index contributed by atoms with van der Waals surface area (Å²) in [6.07, 6.45) is 2.81. The van der Waals surface area contributed by atoms with Crippen LogP contribution in [-0.4, -0.2) is 42.9 Å². The summed E-state index contributed by atoms with van der Waals surface area (Å²) < 4.78 is 6.06. The van der Waals surface area contributed by atoms with Crippen LogP contribution in [-0.2, 0) is 4.74 Å². The maximum Gasteiger partial charge on any atom is 0.410 e. The van der Waals surface area contributed by atoms with Crippen LogP contribution in [0.25, 0.3) is 0 Å². The van der Waals surface area contributed by atoms with Gasteiger partial charge in [-0.15, -0.1) is 0 Å². The summed E-state index contributed by atoms with van der Waals surface area (Å²) in [4.78, 5) is 17.2. The Kier molecular flexibility index (Phi) is 7.17. The number of allylic oxidation sites excluding steroid dienone is 1. The quantitative estimate of drug-likeness (QED) is 0.622. The van der Waals surface area contributed by atoms with Crippen LogP contribution in [0.15, 0.2) is 14.8 Å². The third-order valence-corrected chi connectivity index (χ3v) is 2.28. The first kappa shape index (κ1) is 16.2. The van der Waals surface area contributed by atoms with Gasteiger partial charge in [-0.25, -0.2) is 4.79 Å². The smallest absolute Gasteiger partial charge is 0.410 e. The molecule has 0 spiro atoms. The Bertz CT molecular complexity index is 308. The molecule has 0 aromatic carbocycles. The van der Waals surface area contributed by atoms with E-state index in [2.05, 4.69) is 27.6 Å². The molecule has 0 unspecified atom stereocenters. The molecule has 0 heterocycles. The number of aliphatic imine (C=N–C) groups is 1. The molecule has 17 heavy (non-hydrogen) atoms. The zero-order valence-electron chi connectivity index (χ0n) is 10.7. The lowest BCUT2D eigenvalue weighted by Crippen LogP contribution is -2.35. The van der Waals surface area contributed by atoms with Crippen molar-refractivity contribution in [2.24, 2.45) is 10.7 Å². The average molecular weight is 353 g/mol. The van der Waals surface area contributed by atoms with Crippen molar-refractivity contribution in [1.29, 1.82) is 0 Å². The summed E-state index contributed by atoms with van der Waals surface area (Å²) in [6, 6.07) is 0.